The van der Waals surface area contributed by atoms with Gasteiger partial charge in [-0.05, 0) is 57.0 Å². The van der Waals surface area contributed by atoms with Crippen molar-refractivity contribution in [3.63, 3.8) is 0 Å². The summed E-state index contributed by atoms with van der Waals surface area (Å²) in [5, 5.41) is 9.96. The second-order valence-electron chi connectivity index (χ2n) is 9.23. The zero-order valence-electron chi connectivity index (χ0n) is 22.3. The van der Waals surface area contributed by atoms with Crippen molar-refractivity contribution in [3.8, 4) is 11.4 Å². The molecule has 4 rings (SSSR count). The van der Waals surface area contributed by atoms with E-state index < -0.39 is 17.6 Å². The molecule has 2 aromatic carbocycles. The maximum atomic E-state index is 13.1. The second kappa shape index (κ2) is 11.9. The van der Waals surface area contributed by atoms with E-state index in [2.05, 4.69) is 25.8 Å². The van der Waals surface area contributed by atoms with E-state index in [1.54, 1.807) is 0 Å². The highest BCUT2D eigenvalue weighted by molar-refractivity contribution is 6.36. The van der Waals surface area contributed by atoms with Crippen molar-refractivity contribution in [2.75, 3.05) is 10.6 Å². The molecule has 0 aliphatic heterocycles. The normalized spacial score (nSPS) is 12.2. The highest BCUT2D eigenvalue weighted by Crippen LogP contribution is 2.35. The topological polar surface area (TPSA) is 92.9 Å². The van der Waals surface area contributed by atoms with Gasteiger partial charge in [0.15, 0.2) is 0 Å². The molecule has 0 unspecified atom stereocenters. The van der Waals surface area contributed by atoms with Gasteiger partial charge < -0.3 is 15.2 Å². The lowest BCUT2D eigenvalue weighted by Gasteiger charge is -2.17. The fourth-order valence-corrected chi connectivity index (χ4v) is 4.21. The molecule has 0 bridgehead atoms. The smallest absolute Gasteiger partial charge is 0.360 e. The lowest BCUT2D eigenvalue weighted by atomic mass is 9.99. The summed E-state index contributed by atoms with van der Waals surface area (Å²) in [5.74, 6) is 0.594. The number of rotatable bonds is 8. The first-order valence-electron chi connectivity index (χ1n) is 12.4. The number of hydrogen-bond acceptors (Lipinski definition) is 6. The summed E-state index contributed by atoms with van der Waals surface area (Å²) in [7, 11) is 0. The number of aryl methyl sites for hydroxylation is 1. The number of alkyl halides is 3. The summed E-state index contributed by atoms with van der Waals surface area (Å²) in [5.41, 5.74) is 3.78. The van der Waals surface area contributed by atoms with E-state index in [1.807, 2.05) is 52.0 Å². The number of hydrogen-bond donors (Lipinski definition) is 2. The predicted molar refractivity (Wildman–Crippen MR) is 149 cm³/mol. The predicted octanol–water partition coefficient (Wildman–Crippen LogP) is 8.18. The number of nitrogens with zero attached hydrogens (tertiary/aromatic N) is 3. The van der Waals surface area contributed by atoms with Crippen LogP contribution in [0.1, 0.15) is 60.1 Å². The quantitative estimate of drug-likeness (QED) is 0.222. The van der Waals surface area contributed by atoms with E-state index in [9.17, 15) is 18.0 Å². The molecule has 2 N–H and O–H groups in total. The fourth-order valence-electron chi connectivity index (χ4n) is 3.85. The third-order valence-corrected chi connectivity index (χ3v) is 6.85. The summed E-state index contributed by atoms with van der Waals surface area (Å²) < 4.78 is 44.0. The molecule has 11 heteroatoms. The lowest BCUT2D eigenvalue weighted by molar-refractivity contribution is -0.137. The number of benzene rings is 2. The Morgan fingerprint density at radius 2 is 1.73 bits per heavy atom. The molecule has 0 saturated carbocycles. The molecule has 2 heterocycles. The molecule has 40 heavy (non-hydrogen) atoms. The fraction of sp³-hybridized carbons (Fsp3) is 0.241. The van der Waals surface area contributed by atoms with Crippen LogP contribution in [0.5, 0.6) is 0 Å². The van der Waals surface area contributed by atoms with Crippen LogP contribution < -0.4 is 10.6 Å². The van der Waals surface area contributed by atoms with Gasteiger partial charge in [0.2, 0.25) is 11.7 Å². The van der Waals surface area contributed by atoms with Gasteiger partial charge in [-0.25, -0.2) is 4.98 Å². The SMILES string of the molecule is CCC(C)=C(C)c1c(NCc2nc(-c3ccc(C)cc3)no2)ncc(C(=O)Nc2ccc(C(F)(F)F)cc2)c1Cl. The van der Waals surface area contributed by atoms with Crippen molar-refractivity contribution in [2.24, 2.45) is 0 Å². The lowest BCUT2D eigenvalue weighted by Crippen LogP contribution is -2.15. The Morgan fingerprint density at radius 3 is 2.35 bits per heavy atom. The van der Waals surface area contributed by atoms with Gasteiger partial charge in [0, 0.05) is 23.0 Å². The average Bonchev–Trinajstić information content (AvgIpc) is 3.40. The summed E-state index contributed by atoms with van der Waals surface area (Å²) in [6, 6.07) is 11.9. The molecule has 1 amide bonds. The van der Waals surface area contributed by atoms with Gasteiger partial charge >= 0.3 is 6.18 Å². The minimum atomic E-state index is -4.47. The van der Waals surface area contributed by atoms with E-state index in [1.165, 1.54) is 18.3 Å². The Hall–Kier alpha value is -4.18. The van der Waals surface area contributed by atoms with E-state index in [4.69, 9.17) is 16.1 Å². The number of pyridine rings is 1. The maximum absolute atomic E-state index is 13.1. The molecule has 208 valence electrons. The van der Waals surface area contributed by atoms with Crippen LogP contribution >= 0.6 is 11.6 Å². The van der Waals surface area contributed by atoms with Crippen LogP contribution in [0.4, 0.5) is 24.7 Å². The zero-order chi connectivity index (χ0) is 29.0. The number of carbonyl (C=O) groups is 1. The van der Waals surface area contributed by atoms with Crippen LogP contribution in [-0.2, 0) is 12.7 Å². The van der Waals surface area contributed by atoms with Crippen LogP contribution in [-0.4, -0.2) is 21.0 Å². The highest BCUT2D eigenvalue weighted by atomic mass is 35.5. The largest absolute Gasteiger partial charge is 0.416 e. The minimum absolute atomic E-state index is 0.0739. The maximum Gasteiger partial charge on any atom is 0.416 e. The van der Waals surface area contributed by atoms with E-state index in [0.29, 0.717) is 23.1 Å². The van der Waals surface area contributed by atoms with Crippen molar-refractivity contribution in [1.29, 1.82) is 0 Å². The Morgan fingerprint density at radius 1 is 1.05 bits per heavy atom. The molecule has 0 aliphatic carbocycles. The number of carbonyl (C=O) groups excluding carboxylic acids is 1. The Bertz CT molecular complexity index is 1550. The summed E-state index contributed by atoms with van der Waals surface area (Å²) >= 11 is 6.76. The Labute approximate surface area is 234 Å². The summed E-state index contributed by atoms with van der Waals surface area (Å²) in [4.78, 5) is 21.9. The van der Waals surface area contributed by atoms with Crippen LogP contribution in [0.25, 0.3) is 17.0 Å². The van der Waals surface area contributed by atoms with E-state index >= 15 is 0 Å². The van der Waals surface area contributed by atoms with Crippen LogP contribution in [0.15, 0.2) is 64.8 Å². The van der Waals surface area contributed by atoms with Crippen LogP contribution in [0.2, 0.25) is 5.02 Å². The van der Waals surface area contributed by atoms with Gasteiger partial charge in [0.05, 0.1) is 22.7 Å². The van der Waals surface area contributed by atoms with Gasteiger partial charge in [-0.1, -0.05) is 59.1 Å². The highest BCUT2D eigenvalue weighted by Gasteiger charge is 2.30. The molecular weight excluding hydrogens is 543 g/mol. The van der Waals surface area contributed by atoms with Crippen LogP contribution in [0, 0.1) is 6.92 Å². The Balaban J connectivity index is 1.59. The number of amides is 1. The molecule has 0 aliphatic rings. The first-order valence-corrected chi connectivity index (χ1v) is 12.8. The van der Waals surface area contributed by atoms with Crippen molar-refractivity contribution in [3.05, 3.63) is 93.5 Å². The third kappa shape index (κ3) is 6.51. The van der Waals surface area contributed by atoms with Gasteiger partial charge in [0.1, 0.15) is 5.82 Å². The first-order chi connectivity index (χ1) is 19.0. The molecule has 0 spiro atoms. The van der Waals surface area contributed by atoms with Crippen LogP contribution in [0.3, 0.4) is 0 Å². The van der Waals surface area contributed by atoms with Gasteiger partial charge in [-0.15, -0.1) is 0 Å². The molecule has 7 nitrogen and oxygen atoms in total. The van der Waals surface area contributed by atoms with Crippen molar-refractivity contribution < 1.29 is 22.5 Å². The Kier molecular flexibility index (Phi) is 8.58. The summed E-state index contributed by atoms with van der Waals surface area (Å²) in [6.45, 7) is 7.98. The molecule has 0 saturated heterocycles. The minimum Gasteiger partial charge on any atom is -0.360 e. The number of anilines is 2. The number of halogens is 4. The van der Waals surface area contributed by atoms with Gasteiger partial charge in [-0.2, -0.15) is 18.2 Å². The summed E-state index contributed by atoms with van der Waals surface area (Å²) in [6.07, 6.45) is -2.42. The van der Waals surface area contributed by atoms with Gasteiger partial charge in [-0.3, -0.25) is 4.79 Å². The van der Waals surface area contributed by atoms with Crippen molar-refractivity contribution in [1.82, 2.24) is 15.1 Å². The molecular formula is C29H27ClF3N5O2. The monoisotopic (exact) mass is 569 g/mol. The average molecular weight is 570 g/mol. The second-order valence-corrected chi connectivity index (χ2v) is 9.61. The molecule has 0 radical (unpaired) electrons. The molecule has 4 aromatic rings. The molecule has 0 fully saturated rings. The third-order valence-electron chi connectivity index (χ3n) is 6.46. The van der Waals surface area contributed by atoms with E-state index in [0.717, 1.165) is 40.8 Å². The molecule has 0 atom stereocenters. The van der Waals surface area contributed by atoms with E-state index in [-0.39, 0.29) is 22.8 Å². The number of nitrogens with one attached hydrogen (secondary N) is 2. The number of aromatic nitrogens is 3. The van der Waals surface area contributed by atoms with Crippen molar-refractivity contribution >= 4 is 34.6 Å². The number of allylic oxidation sites excluding steroid dienone is 2. The first kappa shape index (κ1) is 28.8. The van der Waals surface area contributed by atoms with Crippen molar-refractivity contribution in [2.45, 2.75) is 46.8 Å². The molecule has 2 aromatic heterocycles. The standard InChI is InChI=1S/C29H27ClF3N5O2/c1-5-17(3)18(4)24-25(30)22(28(39)36-21-12-10-20(11-13-21)29(31,32)33)14-34-27(24)35-15-23-37-26(38-40-23)19-8-6-16(2)7-9-19/h6-14H,5,15H2,1-4H3,(H,34,35)(H,36,39). The zero-order valence-corrected chi connectivity index (χ0v) is 23.0. The van der Waals surface area contributed by atoms with Gasteiger partial charge in [0.25, 0.3) is 5.91 Å².